The normalized spacial score (nSPS) is 15.9. The molecule has 0 radical (unpaired) electrons. The Morgan fingerprint density at radius 1 is 0.412 bits per heavy atom. The minimum atomic E-state index is -0.520. The van der Waals surface area contributed by atoms with Gasteiger partial charge in [-0.05, 0) is 68.2 Å². The molecule has 0 saturated heterocycles. The molecule has 0 aliphatic heterocycles. The highest BCUT2D eigenvalue weighted by Gasteiger charge is 2.15. The van der Waals surface area contributed by atoms with Crippen molar-refractivity contribution in [2.45, 2.75) is 169 Å². The number of carbonyl (C=O) groups is 2. The molecule has 0 aromatic rings. The fourth-order valence-electron chi connectivity index (χ4n) is 4.11. The van der Waals surface area contributed by atoms with Crippen LogP contribution in [0.15, 0.2) is 0 Å². The average molecular weight is 727 g/mol. The third-order valence-electron chi connectivity index (χ3n) is 7.26. The lowest BCUT2D eigenvalue weighted by molar-refractivity contribution is -0.146. The zero-order valence-corrected chi connectivity index (χ0v) is 33.4. The van der Waals surface area contributed by atoms with Crippen LogP contribution in [0.5, 0.6) is 0 Å². The van der Waals surface area contributed by atoms with Crippen molar-refractivity contribution in [3.05, 3.63) is 0 Å². The van der Waals surface area contributed by atoms with Crippen LogP contribution in [0.4, 0.5) is 0 Å². The van der Waals surface area contributed by atoms with E-state index in [1.807, 2.05) is 48.5 Å². The van der Waals surface area contributed by atoms with Crippen molar-refractivity contribution in [1.82, 2.24) is 0 Å². The molecule has 0 amide bonds. The lowest BCUT2D eigenvalue weighted by atomic mass is 10.2. The molecular weight excluding hydrogens is 656 g/mol. The van der Waals surface area contributed by atoms with Gasteiger partial charge < -0.3 is 42.6 Å². The Morgan fingerprint density at radius 2 is 0.706 bits per heavy atom. The van der Waals surface area contributed by atoms with Gasteiger partial charge in [-0.25, -0.2) is 9.59 Å². The summed E-state index contributed by atoms with van der Waals surface area (Å²) in [7, 11) is 0. The van der Waals surface area contributed by atoms with Crippen molar-refractivity contribution in [1.29, 1.82) is 0 Å². The molecule has 11 heteroatoms. The third kappa shape index (κ3) is 32.2. The van der Waals surface area contributed by atoms with E-state index in [4.69, 9.17) is 42.6 Å². The van der Waals surface area contributed by atoms with Gasteiger partial charge in [0.25, 0.3) is 0 Å². The molecular formula is C40H70O11. The molecule has 11 nitrogen and oxygen atoms in total. The summed E-state index contributed by atoms with van der Waals surface area (Å²) in [6.07, 6.45) is 6.42. The summed E-state index contributed by atoms with van der Waals surface area (Å²) in [6.45, 7) is 22.4. The zero-order valence-electron chi connectivity index (χ0n) is 33.4. The summed E-state index contributed by atoms with van der Waals surface area (Å²) in [6, 6.07) is 0. The second-order valence-electron chi connectivity index (χ2n) is 13.3. The van der Waals surface area contributed by atoms with Crippen molar-refractivity contribution in [3.8, 4) is 23.7 Å². The van der Waals surface area contributed by atoms with Crippen LogP contribution in [0.2, 0.25) is 0 Å². The largest absolute Gasteiger partial charge is 0.453 e. The molecule has 0 heterocycles. The smallest absolute Gasteiger partial charge is 0.384 e. The van der Waals surface area contributed by atoms with E-state index in [0.29, 0.717) is 52.5 Å². The summed E-state index contributed by atoms with van der Waals surface area (Å²) in [5, 5.41) is 0. The summed E-state index contributed by atoms with van der Waals surface area (Å²) in [5.41, 5.74) is 0. The van der Waals surface area contributed by atoms with Crippen molar-refractivity contribution >= 4 is 11.9 Å². The highest BCUT2D eigenvalue weighted by molar-refractivity contribution is 5.88. The second kappa shape index (κ2) is 32.4. The van der Waals surface area contributed by atoms with E-state index in [1.165, 1.54) is 0 Å². The number of hydrogen-bond acceptors (Lipinski definition) is 11. The first-order valence-electron chi connectivity index (χ1n) is 19.0. The maximum absolute atomic E-state index is 11.8. The van der Waals surface area contributed by atoms with Gasteiger partial charge in [-0.2, -0.15) is 0 Å². The number of unbranched alkanes of at least 4 members (excludes halogenated alkanes) is 6. The predicted octanol–water partition coefficient (Wildman–Crippen LogP) is 6.46. The van der Waals surface area contributed by atoms with Crippen LogP contribution >= 0.6 is 0 Å². The molecule has 0 aliphatic carbocycles. The standard InChI is InChI=1S/C40H70O11/c1-11-13-15-17-19-21-39(41)50-29-37(9)48-27-35(7)46-25-33(5)44-23-31(3)43-24-32(4)45-26-34(6)47-28-36(8)49-30-38(10)51-40(42)22-20-18-16-14-12-2/h31-38H,11-18,23-30H2,1-10H3. The van der Waals surface area contributed by atoms with Crippen LogP contribution in [-0.4, -0.2) is 114 Å². The first-order chi connectivity index (χ1) is 24.4. The van der Waals surface area contributed by atoms with Gasteiger partial charge in [0.15, 0.2) is 0 Å². The molecule has 0 N–H and O–H groups in total. The molecule has 296 valence electrons. The first kappa shape index (κ1) is 48.8. The van der Waals surface area contributed by atoms with E-state index >= 15 is 0 Å². The summed E-state index contributed by atoms with van der Waals surface area (Å²) in [4.78, 5) is 23.6. The monoisotopic (exact) mass is 726 g/mol. The van der Waals surface area contributed by atoms with Crippen molar-refractivity contribution in [2.75, 3.05) is 52.9 Å². The van der Waals surface area contributed by atoms with Gasteiger partial charge in [0.1, 0.15) is 12.7 Å². The number of rotatable bonds is 30. The lowest BCUT2D eigenvalue weighted by Gasteiger charge is -2.23. The van der Waals surface area contributed by atoms with Gasteiger partial charge in [-0.1, -0.05) is 51.4 Å². The highest BCUT2D eigenvalue weighted by atomic mass is 16.6. The molecule has 51 heavy (non-hydrogen) atoms. The summed E-state index contributed by atoms with van der Waals surface area (Å²) >= 11 is 0. The van der Waals surface area contributed by atoms with Crippen LogP contribution in [0.3, 0.4) is 0 Å². The van der Waals surface area contributed by atoms with E-state index in [2.05, 4.69) is 37.5 Å². The van der Waals surface area contributed by atoms with Crippen LogP contribution in [0.1, 0.15) is 121 Å². The fraction of sp³-hybridized carbons (Fsp3) is 0.850. The van der Waals surface area contributed by atoms with Gasteiger partial charge in [0.05, 0.1) is 89.0 Å². The van der Waals surface area contributed by atoms with Gasteiger partial charge in [-0.3, -0.25) is 0 Å². The highest BCUT2D eigenvalue weighted by Crippen LogP contribution is 2.06. The predicted molar refractivity (Wildman–Crippen MR) is 198 cm³/mol. The Bertz CT molecular complexity index is 998. The quantitative estimate of drug-likeness (QED) is 0.0351. The van der Waals surface area contributed by atoms with E-state index in [1.54, 1.807) is 6.92 Å². The van der Waals surface area contributed by atoms with Gasteiger partial charge in [0.2, 0.25) is 0 Å². The number of hydrogen-bond donors (Lipinski definition) is 0. The second-order valence-corrected chi connectivity index (χ2v) is 13.3. The summed E-state index contributed by atoms with van der Waals surface area (Å²) in [5.74, 6) is 9.72. The third-order valence-corrected chi connectivity index (χ3v) is 7.26. The van der Waals surface area contributed by atoms with E-state index in [-0.39, 0.29) is 55.9 Å². The minimum Gasteiger partial charge on any atom is -0.453 e. The number of carbonyl (C=O) groups excluding carboxylic acids is 2. The first-order valence-corrected chi connectivity index (χ1v) is 19.0. The van der Waals surface area contributed by atoms with Crippen LogP contribution in [-0.2, 0) is 52.2 Å². The van der Waals surface area contributed by atoms with Gasteiger partial charge in [0, 0.05) is 24.7 Å². The molecule has 0 saturated carbocycles. The Labute approximate surface area is 309 Å². The molecule has 0 aliphatic rings. The fourth-order valence-corrected chi connectivity index (χ4v) is 4.11. The van der Waals surface area contributed by atoms with E-state index < -0.39 is 18.0 Å². The number of esters is 2. The van der Waals surface area contributed by atoms with Crippen molar-refractivity contribution < 1.29 is 52.2 Å². The van der Waals surface area contributed by atoms with E-state index in [0.717, 1.165) is 38.5 Å². The average Bonchev–Trinajstić information content (AvgIpc) is 3.10. The lowest BCUT2D eigenvalue weighted by Crippen LogP contribution is -2.30. The topological polar surface area (TPSA) is 117 Å². The molecule has 0 fully saturated rings. The van der Waals surface area contributed by atoms with Gasteiger partial charge in [-0.15, -0.1) is 0 Å². The molecule has 8 unspecified atom stereocenters. The molecule has 0 bridgehead atoms. The number of ether oxygens (including phenoxy) is 9. The molecule has 0 spiro atoms. The maximum atomic E-state index is 11.8. The molecule has 0 rings (SSSR count). The summed E-state index contributed by atoms with van der Waals surface area (Å²) < 4.78 is 51.4. The molecule has 0 aromatic carbocycles. The van der Waals surface area contributed by atoms with Crippen LogP contribution in [0, 0.1) is 23.7 Å². The van der Waals surface area contributed by atoms with E-state index in [9.17, 15) is 9.59 Å². The molecule has 0 aromatic heterocycles. The SMILES string of the molecule is CCCCCC#CC(=O)OCC(C)OCC(C)OCC(C)OCC(C)OCC(C)OCC(C)OCC(C)OCC(C)OC(=O)C#CCCCCC. The van der Waals surface area contributed by atoms with Crippen LogP contribution in [0.25, 0.3) is 0 Å². The Morgan fingerprint density at radius 3 is 1.04 bits per heavy atom. The van der Waals surface area contributed by atoms with Crippen molar-refractivity contribution in [3.63, 3.8) is 0 Å². The Balaban J connectivity index is 3.98. The minimum absolute atomic E-state index is 0.116. The van der Waals surface area contributed by atoms with Gasteiger partial charge >= 0.3 is 11.9 Å². The molecule has 8 atom stereocenters. The Hall–Kier alpha value is -2.22. The van der Waals surface area contributed by atoms with Crippen LogP contribution < -0.4 is 0 Å². The Kier molecular flexibility index (Phi) is 31.0. The zero-order chi connectivity index (χ0) is 38.3. The van der Waals surface area contributed by atoms with Crippen molar-refractivity contribution in [2.24, 2.45) is 0 Å². The maximum Gasteiger partial charge on any atom is 0.384 e.